The summed E-state index contributed by atoms with van der Waals surface area (Å²) in [6.45, 7) is 0. The van der Waals surface area contributed by atoms with E-state index < -0.39 is 24.2 Å². The lowest BCUT2D eigenvalue weighted by atomic mass is 10.0. The number of ether oxygens (including phenoxy) is 1. The predicted octanol–water partition coefficient (Wildman–Crippen LogP) is 2.46. The normalized spacial score (nSPS) is 18.2. The van der Waals surface area contributed by atoms with Gasteiger partial charge in [0.15, 0.2) is 12.3 Å². The summed E-state index contributed by atoms with van der Waals surface area (Å²) in [7, 11) is 0. The third kappa shape index (κ3) is 7.65. The Kier molecular flexibility index (Phi) is 9.90. The zero-order valence-corrected chi connectivity index (χ0v) is 21.2. The van der Waals surface area contributed by atoms with Crippen LogP contribution in [0.1, 0.15) is 17.5 Å². The van der Waals surface area contributed by atoms with Crippen molar-refractivity contribution in [1.29, 1.82) is 0 Å². The molecule has 0 bridgehead atoms. The van der Waals surface area contributed by atoms with Gasteiger partial charge < -0.3 is 20.7 Å². The second-order valence-corrected chi connectivity index (χ2v) is 9.07. The van der Waals surface area contributed by atoms with Crippen LogP contribution in [0.25, 0.3) is 0 Å². The molecule has 1 heterocycles. The molecule has 176 valence electrons. The van der Waals surface area contributed by atoms with Gasteiger partial charge in [0.2, 0.25) is 17.7 Å². The molecule has 3 N–H and O–H groups in total. The first kappa shape index (κ1) is 25.4. The smallest absolute Gasteiger partial charge is 0.249 e. The first-order chi connectivity index (χ1) is 16.0. The monoisotopic (exact) mass is 579 g/mol. The first-order valence-electron chi connectivity index (χ1n) is 10.8. The predicted molar refractivity (Wildman–Crippen MR) is 133 cm³/mol. The molecular formula is C24H27Br2N3O4. The molecule has 0 saturated carbocycles. The third-order valence-corrected chi connectivity index (χ3v) is 6.71. The maximum atomic E-state index is 13.1. The molecule has 3 amide bonds. The van der Waals surface area contributed by atoms with Crippen LogP contribution in [0.4, 0.5) is 0 Å². The summed E-state index contributed by atoms with van der Waals surface area (Å²) in [5.74, 6) is -0.959. The fourth-order valence-electron chi connectivity index (χ4n) is 3.41. The van der Waals surface area contributed by atoms with Gasteiger partial charge in [0.25, 0.3) is 0 Å². The minimum Gasteiger partial charge on any atom is -0.351 e. The highest BCUT2D eigenvalue weighted by molar-refractivity contribution is 9.09. The number of amides is 3. The molecule has 1 aliphatic heterocycles. The van der Waals surface area contributed by atoms with Crippen LogP contribution in [0.3, 0.4) is 0 Å². The summed E-state index contributed by atoms with van der Waals surface area (Å²) >= 11 is 6.72. The SMILES string of the molecule is O=C(CCc1ccccc1)N[C@@H](Cc1ccccc1)C(=O)N[C@@H]1C(=O)N[C@@H]1OC(CBr)CBr. The molecule has 1 fully saturated rings. The fraction of sp³-hybridized carbons (Fsp3) is 0.375. The van der Waals surface area contributed by atoms with Crippen LogP contribution in [0, 0.1) is 0 Å². The van der Waals surface area contributed by atoms with E-state index in [1.807, 2.05) is 60.7 Å². The summed E-state index contributed by atoms with van der Waals surface area (Å²) in [6.07, 6.45) is 0.375. The molecule has 1 aliphatic rings. The Balaban J connectivity index is 1.63. The van der Waals surface area contributed by atoms with Crippen LogP contribution in [-0.4, -0.2) is 52.8 Å². The van der Waals surface area contributed by atoms with Gasteiger partial charge in [-0.1, -0.05) is 92.5 Å². The van der Waals surface area contributed by atoms with Crippen molar-refractivity contribution in [3.8, 4) is 0 Å². The third-order valence-electron chi connectivity index (χ3n) is 5.27. The van der Waals surface area contributed by atoms with Crippen molar-refractivity contribution in [1.82, 2.24) is 16.0 Å². The summed E-state index contributed by atoms with van der Waals surface area (Å²) in [5.41, 5.74) is 1.96. The van der Waals surface area contributed by atoms with E-state index in [1.54, 1.807) is 0 Å². The Labute approximate surface area is 210 Å². The summed E-state index contributed by atoms with van der Waals surface area (Å²) < 4.78 is 5.81. The van der Waals surface area contributed by atoms with E-state index in [0.29, 0.717) is 23.5 Å². The second kappa shape index (κ2) is 12.9. The van der Waals surface area contributed by atoms with E-state index in [1.165, 1.54) is 0 Å². The van der Waals surface area contributed by atoms with E-state index in [4.69, 9.17) is 4.74 Å². The zero-order chi connectivity index (χ0) is 23.6. The maximum absolute atomic E-state index is 13.1. The lowest BCUT2D eigenvalue weighted by Gasteiger charge is -2.38. The Morgan fingerprint density at radius 2 is 1.58 bits per heavy atom. The number of aryl methyl sites for hydroxylation is 1. The fourth-order valence-corrected chi connectivity index (χ4v) is 4.79. The van der Waals surface area contributed by atoms with Gasteiger partial charge in [-0.15, -0.1) is 0 Å². The highest BCUT2D eigenvalue weighted by atomic mass is 79.9. The molecule has 33 heavy (non-hydrogen) atoms. The van der Waals surface area contributed by atoms with Gasteiger partial charge in [0, 0.05) is 23.5 Å². The minimum absolute atomic E-state index is 0.159. The number of hydrogen-bond acceptors (Lipinski definition) is 4. The van der Waals surface area contributed by atoms with Gasteiger partial charge in [0.1, 0.15) is 6.04 Å². The van der Waals surface area contributed by atoms with Crippen molar-refractivity contribution in [2.24, 2.45) is 0 Å². The maximum Gasteiger partial charge on any atom is 0.249 e. The van der Waals surface area contributed by atoms with Crippen LogP contribution < -0.4 is 16.0 Å². The Hall–Kier alpha value is -2.23. The molecule has 9 heteroatoms. The number of halogens is 2. The van der Waals surface area contributed by atoms with Gasteiger partial charge in [-0.25, -0.2) is 0 Å². The zero-order valence-electron chi connectivity index (χ0n) is 18.0. The largest absolute Gasteiger partial charge is 0.351 e. The Bertz CT molecular complexity index is 926. The van der Waals surface area contributed by atoms with Crippen molar-refractivity contribution in [3.05, 3.63) is 71.8 Å². The van der Waals surface area contributed by atoms with E-state index >= 15 is 0 Å². The molecule has 0 radical (unpaired) electrons. The number of carbonyl (C=O) groups excluding carboxylic acids is 3. The molecule has 1 saturated heterocycles. The molecule has 2 aromatic carbocycles. The second-order valence-electron chi connectivity index (χ2n) is 7.78. The van der Waals surface area contributed by atoms with Crippen LogP contribution in [0.15, 0.2) is 60.7 Å². The van der Waals surface area contributed by atoms with Gasteiger partial charge in [-0.2, -0.15) is 0 Å². The Morgan fingerprint density at radius 1 is 0.970 bits per heavy atom. The standard InChI is InChI=1S/C24H27Br2N3O4/c25-14-18(15-26)33-24-21(23(32)29-24)28-22(31)19(13-17-9-5-2-6-10-17)27-20(30)12-11-16-7-3-1-4-8-16/h1-10,18-19,21,24H,11-15H2,(H,27,30)(H,28,31)(H,29,32)/t19-,21+,24+/m0/s1. The highest BCUT2D eigenvalue weighted by Crippen LogP contribution is 2.14. The van der Waals surface area contributed by atoms with Gasteiger partial charge in [0.05, 0.1) is 6.10 Å². The number of rotatable bonds is 12. The lowest BCUT2D eigenvalue weighted by Crippen LogP contribution is -2.72. The van der Waals surface area contributed by atoms with Crippen LogP contribution in [0.2, 0.25) is 0 Å². The average molecular weight is 581 g/mol. The van der Waals surface area contributed by atoms with E-state index in [-0.39, 0.29) is 24.3 Å². The first-order valence-corrected chi connectivity index (χ1v) is 13.0. The molecule has 3 rings (SSSR count). The summed E-state index contributed by atoms with van der Waals surface area (Å²) in [4.78, 5) is 37.8. The molecule has 7 nitrogen and oxygen atoms in total. The number of hydrogen-bond donors (Lipinski definition) is 3. The topological polar surface area (TPSA) is 96.5 Å². The van der Waals surface area contributed by atoms with Crippen molar-refractivity contribution in [2.45, 2.75) is 43.7 Å². The van der Waals surface area contributed by atoms with Crippen molar-refractivity contribution >= 4 is 49.6 Å². The average Bonchev–Trinajstić information content (AvgIpc) is 2.84. The lowest BCUT2D eigenvalue weighted by molar-refractivity contribution is -0.154. The molecule has 0 spiro atoms. The molecule has 2 aromatic rings. The van der Waals surface area contributed by atoms with E-state index in [0.717, 1.165) is 11.1 Å². The summed E-state index contributed by atoms with van der Waals surface area (Å²) in [5, 5.41) is 9.42. The minimum atomic E-state index is -0.812. The summed E-state index contributed by atoms with van der Waals surface area (Å²) in [6, 6.07) is 17.5. The van der Waals surface area contributed by atoms with Gasteiger partial charge >= 0.3 is 0 Å². The molecule has 0 unspecified atom stereocenters. The van der Waals surface area contributed by atoms with Crippen LogP contribution in [-0.2, 0) is 32.0 Å². The van der Waals surface area contributed by atoms with Crippen molar-refractivity contribution in [3.63, 3.8) is 0 Å². The number of alkyl halides is 2. The Morgan fingerprint density at radius 3 is 2.15 bits per heavy atom. The number of carbonyl (C=O) groups is 3. The molecule has 3 atom stereocenters. The molecule has 0 aromatic heterocycles. The van der Waals surface area contributed by atoms with Crippen molar-refractivity contribution < 1.29 is 19.1 Å². The van der Waals surface area contributed by atoms with Crippen LogP contribution >= 0.6 is 31.9 Å². The number of nitrogens with one attached hydrogen (secondary N) is 3. The quantitative estimate of drug-likeness (QED) is 0.265. The van der Waals surface area contributed by atoms with Gasteiger partial charge in [-0.05, 0) is 17.5 Å². The number of benzene rings is 2. The van der Waals surface area contributed by atoms with Gasteiger partial charge in [-0.3, -0.25) is 14.4 Å². The van der Waals surface area contributed by atoms with Crippen molar-refractivity contribution in [2.75, 3.05) is 10.7 Å². The highest BCUT2D eigenvalue weighted by Gasteiger charge is 2.43. The molecule has 0 aliphatic carbocycles. The number of β-lactam (4-membered cyclic amide) rings is 1. The van der Waals surface area contributed by atoms with E-state index in [9.17, 15) is 14.4 Å². The molecular weight excluding hydrogens is 554 g/mol. The van der Waals surface area contributed by atoms with E-state index in [2.05, 4.69) is 47.8 Å². The van der Waals surface area contributed by atoms with Crippen LogP contribution in [0.5, 0.6) is 0 Å².